The van der Waals surface area contributed by atoms with E-state index in [2.05, 4.69) is 9.97 Å². The SMILES string of the molecule is COc1ccc(C(N)c2nc(Cl)nc3cc(C)ccc23)cc1. The molecule has 0 amide bonds. The van der Waals surface area contributed by atoms with Gasteiger partial charge >= 0.3 is 0 Å². The maximum atomic E-state index is 6.39. The Morgan fingerprint density at radius 2 is 1.82 bits per heavy atom. The summed E-state index contributed by atoms with van der Waals surface area (Å²) >= 11 is 6.06. The molecule has 0 radical (unpaired) electrons. The molecule has 4 nitrogen and oxygen atoms in total. The third-order valence-corrected chi connectivity index (χ3v) is 3.79. The number of rotatable bonds is 3. The lowest BCUT2D eigenvalue weighted by molar-refractivity contribution is 0.414. The number of ether oxygens (including phenoxy) is 1. The Morgan fingerprint density at radius 1 is 1.09 bits per heavy atom. The predicted molar refractivity (Wildman–Crippen MR) is 88.3 cm³/mol. The van der Waals surface area contributed by atoms with E-state index in [1.807, 2.05) is 49.4 Å². The Labute approximate surface area is 133 Å². The molecule has 3 rings (SSSR count). The molecule has 1 aromatic heterocycles. The summed E-state index contributed by atoms with van der Waals surface area (Å²) in [7, 11) is 1.63. The molecule has 0 fully saturated rings. The average molecular weight is 314 g/mol. The van der Waals surface area contributed by atoms with Crippen LogP contribution in [-0.4, -0.2) is 17.1 Å². The fraction of sp³-hybridized carbons (Fsp3) is 0.176. The Balaban J connectivity index is 2.11. The van der Waals surface area contributed by atoms with E-state index in [1.165, 1.54) is 0 Å². The number of aromatic nitrogens is 2. The van der Waals surface area contributed by atoms with E-state index < -0.39 is 0 Å². The zero-order chi connectivity index (χ0) is 15.7. The molecular weight excluding hydrogens is 298 g/mol. The van der Waals surface area contributed by atoms with Gasteiger partial charge in [0.25, 0.3) is 0 Å². The van der Waals surface area contributed by atoms with Gasteiger partial charge in [0, 0.05) is 5.39 Å². The topological polar surface area (TPSA) is 61.0 Å². The highest BCUT2D eigenvalue weighted by Gasteiger charge is 2.16. The minimum atomic E-state index is -0.378. The molecule has 2 N–H and O–H groups in total. The molecule has 1 atom stereocenters. The number of hydrogen-bond acceptors (Lipinski definition) is 4. The molecule has 0 aliphatic carbocycles. The van der Waals surface area contributed by atoms with Crippen molar-refractivity contribution in [3.05, 3.63) is 64.6 Å². The molecule has 0 spiro atoms. The van der Waals surface area contributed by atoms with Crippen LogP contribution in [-0.2, 0) is 0 Å². The van der Waals surface area contributed by atoms with Gasteiger partial charge in [-0.05, 0) is 47.9 Å². The first-order valence-corrected chi connectivity index (χ1v) is 7.29. The van der Waals surface area contributed by atoms with Crippen LogP contribution >= 0.6 is 11.6 Å². The van der Waals surface area contributed by atoms with Crippen LogP contribution < -0.4 is 10.5 Å². The van der Waals surface area contributed by atoms with E-state index in [0.29, 0.717) is 0 Å². The molecule has 0 saturated heterocycles. The number of halogens is 1. The summed E-state index contributed by atoms with van der Waals surface area (Å²) in [4.78, 5) is 8.63. The van der Waals surface area contributed by atoms with Gasteiger partial charge in [-0.25, -0.2) is 9.97 Å². The summed E-state index contributed by atoms with van der Waals surface area (Å²) in [5, 5.41) is 1.12. The molecular formula is C17H16ClN3O. The van der Waals surface area contributed by atoms with E-state index in [0.717, 1.165) is 33.5 Å². The highest BCUT2D eigenvalue weighted by molar-refractivity contribution is 6.28. The fourth-order valence-electron chi connectivity index (χ4n) is 2.44. The van der Waals surface area contributed by atoms with Crippen molar-refractivity contribution in [1.82, 2.24) is 9.97 Å². The number of fused-ring (bicyclic) bond motifs is 1. The van der Waals surface area contributed by atoms with Crippen molar-refractivity contribution in [3.8, 4) is 5.75 Å². The van der Waals surface area contributed by atoms with Crippen LogP contribution in [0.25, 0.3) is 10.9 Å². The van der Waals surface area contributed by atoms with Gasteiger partial charge in [-0.15, -0.1) is 0 Å². The number of benzene rings is 2. The molecule has 3 aromatic rings. The van der Waals surface area contributed by atoms with Crippen LogP contribution in [0.4, 0.5) is 0 Å². The second-order valence-corrected chi connectivity index (χ2v) is 5.49. The van der Waals surface area contributed by atoms with Crippen LogP contribution in [0.5, 0.6) is 5.75 Å². The van der Waals surface area contributed by atoms with Crippen LogP contribution in [0, 0.1) is 6.92 Å². The fourth-order valence-corrected chi connectivity index (χ4v) is 2.62. The molecule has 2 aromatic carbocycles. The molecule has 5 heteroatoms. The zero-order valence-corrected chi connectivity index (χ0v) is 13.1. The molecule has 0 aliphatic rings. The minimum absolute atomic E-state index is 0.206. The third-order valence-electron chi connectivity index (χ3n) is 3.62. The standard InChI is InChI=1S/C17H16ClN3O/c1-10-3-8-13-14(9-10)20-17(18)21-16(13)15(19)11-4-6-12(22-2)7-5-11/h3-9,15H,19H2,1-2H3. The minimum Gasteiger partial charge on any atom is -0.497 e. The van der Waals surface area contributed by atoms with Crippen LogP contribution in [0.15, 0.2) is 42.5 Å². The number of methoxy groups -OCH3 is 1. The summed E-state index contributed by atoms with van der Waals surface area (Å²) in [5.74, 6) is 0.789. The van der Waals surface area contributed by atoms with Gasteiger partial charge in [-0.1, -0.05) is 24.3 Å². The normalized spacial score (nSPS) is 12.4. The van der Waals surface area contributed by atoms with E-state index in [9.17, 15) is 0 Å². The maximum absolute atomic E-state index is 6.39. The van der Waals surface area contributed by atoms with Gasteiger partial charge < -0.3 is 10.5 Å². The van der Waals surface area contributed by atoms with Crippen molar-refractivity contribution in [2.75, 3.05) is 7.11 Å². The molecule has 112 valence electrons. The summed E-state index contributed by atoms with van der Waals surface area (Å²) in [6.07, 6.45) is 0. The highest BCUT2D eigenvalue weighted by atomic mass is 35.5. The molecule has 1 heterocycles. The first kappa shape index (κ1) is 14.8. The molecule has 0 aliphatic heterocycles. The van der Waals surface area contributed by atoms with Gasteiger partial charge in [-0.2, -0.15) is 0 Å². The van der Waals surface area contributed by atoms with Crippen LogP contribution in [0.2, 0.25) is 5.28 Å². The van der Waals surface area contributed by atoms with E-state index in [1.54, 1.807) is 7.11 Å². The van der Waals surface area contributed by atoms with Crippen molar-refractivity contribution >= 4 is 22.5 Å². The highest BCUT2D eigenvalue weighted by Crippen LogP contribution is 2.27. The molecule has 1 unspecified atom stereocenters. The van der Waals surface area contributed by atoms with Crippen molar-refractivity contribution in [1.29, 1.82) is 0 Å². The smallest absolute Gasteiger partial charge is 0.223 e. The molecule has 0 saturated carbocycles. The van der Waals surface area contributed by atoms with Crippen LogP contribution in [0.3, 0.4) is 0 Å². The van der Waals surface area contributed by atoms with Gasteiger partial charge in [0.2, 0.25) is 5.28 Å². The Morgan fingerprint density at radius 3 is 2.50 bits per heavy atom. The van der Waals surface area contributed by atoms with Crippen LogP contribution in [0.1, 0.15) is 22.9 Å². The summed E-state index contributed by atoms with van der Waals surface area (Å²) in [6.45, 7) is 2.01. The molecule has 0 bridgehead atoms. The summed E-state index contributed by atoms with van der Waals surface area (Å²) < 4.78 is 5.17. The number of nitrogens with zero attached hydrogens (tertiary/aromatic N) is 2. The quantitative estimate of drug-likeness (QED) is 0.750. The first-order chi connectivity index (χ1) is 10.6. The summed E-state index contributed by atoms with van der Waals surface area (Å²) in [6, 6.07) is 13.2. The second kappa shape index (κ2) is 5.91. The largest absolute Gasteiger partial charge is 0.497 e. The van der Waals surface area contributed by atoms with Gasteiger partial charge in [-0.3, -0.25) is 0 Å². The molecule has 22 heavy (non-hydrogen) atoms. The third kappa shape index (κ3) is 2.75. The lowest BCUT2D eigenvalue weighted by Gasteiger charge is -2.15. The van der Waals surface area contributed by atoms with Crippen molar-refractivity contribution in [3.63, 3.8) is 0 Å². The van der Waals surface area contributed by atoms with Crippen molar-refractivity contribution < 1.29 is 4.74 Å². The van der Waals surface area contributed by atoms with Crippen molar-refractivity contribution in [2.24, 2.45) is 5.73 Å². The maximum Gasteiger partial charge on any atom is 0.223 e. The van der Waals surface area contributed by atoms with E-state index >= 15 is 0 Å². The van der Waals surface area contributed by atoms with Crippen molar-refractivity contribution in [2.45, 2.75) is 13.0 Å². The van der Waals surface area contributed by atoms with E-state index in [-0.39, 0.29) is 11.3 Å². The Hall–Kier alpha value is -2.17. The van der Waals surface area contributed by atoms with Gasteiger partial charge in [0.05, 0.1) is 24.4 Å². The lowest BCUT2D eigenvalue weighted by Crippen LogP contribution is -2.14. The second-order valence-electron chi connectivity index (χ2n) is 5.15. The zero-order valence-electron chi connectivity index (χ0n) is 12.4. The lowest BCUT2D eigenvalue weighted by atomic mass is 10.00. The number of aryl methyl sites for hydroxylation is 1. The number of hydrogen-bond donors (Lipinski definition) is 1. The summed E-state index contributed by atoms with van der Waals surface area (Å²) in [5.41, 5.74) is 9.98. The first-order valence-electron chi connectivity index (χ1n) is 6.92. The predicted octanol–water partition coefficient (Wildman–Crippen LogP) is 3.65. The van der Waals surface area contributed by atoms with Gasteiger partial charge in [0.1, 0.15) is 5.75 Å². The average Bonchev–Trinajstić information content (AvgIpc) is 2.53. The van der Waals surface area contributed by atoms with E-state index in [4.69, 9.17) is 22.1 Å². The number of nitrogens with two attached hydrogens (primary N) is 1. The monoisotopic (exact) mass is 313 g/mol. The van der Waals surface area contributed by atoms with Gasteiger partial charge in [0.15, 0.2) is 0 Å². The Kier molecular flexibility index (Phi) is 3.96. The Bertz CT molecular complexity index is 813.